The zero-order valence-corrected chi connectivity index (χ0v) is 27.3. The van der Waals surface area contributed by atoms with E-state index in [1.807, 2.05) is 36.5 Å². The number of nitrogens with zero attached hydrogens (tertiary/aromatic N) is 2. The molecule has 0 aliphatic heterocycles. The zero-order chi connectivity index (χ0) is 32.5. The van der Waals surface area contributed by atoms with E-state index in [1.54, 1.807) is 12.1 Å². The number of nitrogens with one attached hydrogen (secondary N) is 1. The number of pyridine rings is 3. The third-order valence-electron chi connectivity index (χ3n) is 9.85. The smallest absolute Gasteiger partial charge is 0.872 e. The quantitative estimate of drug-likeness (QED) is 0.152. The van der Waals surface area contributed by atoms with Crippen LogP contribution in [0.25, 0.3) is 98.7 Å². The van der Waals surface area contributed by atoms with Crippen LogP contribution in [-0.2, 0) is 0 Å². The van der Waals surface area contributed by atoms with Gasteiger partial charge in [0, 0.05) is 39.5 Å². The second-order valence-corrected chi connectivity index (χ2v) is 12.6. The summed E-state index contributed by atoms with van der Waals surface area (Å²) in [6.45, 7) is 0. The van der Waals surface area contributed by atoms with Gasteiger partial charge in [-0.3, -0.25) is 4.98 Å². The van der Waals surface area contributed by atoms with Crippen LogP contribution >= 0.6 is 0 Å². The maximum Gasteiger partial charge on any atom is 1.00 e. The minimum absolute atomic E-state index is 0. The van der Waals surface area contributed by atoms with Gasteiger partial charge in [-0.15, -0.1) is 0 Å². The minimum Gasteiger partial charge on any atom is -0.872 e. The summed E-state index contributed by atoms with van der Waals surface area (Å²) in [5.41, 5.74) is 6.96. The molecule has 10 aromatic rings. The summed E-state index contributed by atoms with van der Waals surface area (Å²) in [6, 6.07) is 52.0. The molecule has 0 aliphatic rings. The van der Waals surface area contributed by atoms with Crippen LogP contribution in [0.4, 0.5) is 0 Å². The molecule has 4 nitrogen and oxygen atoms in total. The Morgan fingerprint density at radius 2 is 1.06 bits per heavy atom. The molecule has 0 radical (unpaired) electrons. The van der Waals surface area contributed by atoms with Gasteiger partial charge >= 0.3 is 18.9 Å². The molecule has 0 saturated heterocycles. The van der Waals surface area contributed by atoms with Crippen molar-refractivity contribution in [1.82, 2.24) is 9.97 Å². The van der Waals surface area contributed by atoms with Crippen LogP contribution in [-0.4, -0.2) is 9.97 Å². The van der Waals surface area contributed by atoms with Gasteiger partial charge in [0.1, 0.15) is 5.52 Å². The number of hydrogen-bond acceptors (Lipinski definition) is 3. The van der Waals surface area contributed by atoms with Crippen LogP contribution < -0.4 is 29.0 Å². The molecule has 0 amide bonds. The fourth-order valence-electron chi connectivity index (χ4n) is 7.50. The SMILES string of the molecule is [Li+].[O-]c1ccccc1-c1ccc2ccc3ccc(-c4ncc(-c5ccc6c7ccccc7c7ccccc7c6c5)c5ccccc45)nc3c2[nH+]1. The normalized spacial score (nSPS) is 11.5. The number of fused-ring (bicyclic) bond motifs is 10. The summed E-state index contributed by atoms with van der Waals surface area (Å²) in [4.78, 5) is 13.8. The summed E-state index contributed by atoms with van der Waals surface area (Å²) in [5.74, 6) is -0.0179. The Hall–Kier alpha value is -6.05. The Labute approximate surface area is 299 Å². The van der Waals surface area contributed by atoms with Crippen molar-refractivity contribution in [1.29, 1.82) is 0 Å². The Morgan fingerprint density at radius 3 is 1.80 bits per heavy atom. The molecule has 10 rings (SSSR count). The van der Waals surface area contributed by atoms with Crippen LogP contribution in [0, 0.1) is 0 Å². The van der Waals surface area contributed by atoms with Gasteiger partial charge in [0.25, 0.3) is 0 Å². The second kappa shape index (κ2) is 11.8. The molecule has 3 heterocycles. The van der Waals surface area contributed by atoms with Gasteiger partial charge in [0.05, 0.1) is 11.4 Å². The number of para-hydroxylation sites is 1. The molecule has 50 heavy (non-hydrogen) atoms. The van der Waals surface area contributed by atoms with Crippen molar-refractivity contribution in [2.75, 3.05) is 0 Å². The third-order valence-corrected chi connectivity index (χ3v) is 9.85. The van der Waals surface area contributed by atoms with Crippen molar-refractivity contribution in [2.45, 2.75) is 0 Å². The molecule has 0 bridgehead atoms. The maximum absolute atomic E-state index is 12.6. The van der Waals surface area contributed by atoms with E-state index in [2.05, 4.69) is 114 Å². The first-order valence-corrected chi connectivity index (χ1v) is 16.5. The summed E-state index contributed by atoms with van der Waals surface area (Å²) < 4.78 is 0. The molecule has 7 aromatic carbocycles. The van der Waals surface area contributed by atoms with E-state index < -0.39 is 0 Å². The first kappa shape index (κ1) is 30.0. The summed E-state index contributed by atoms with van der Waals surface area (Å²) in [5, 5.41) is 24.4. The number of aromatic nitrogens is 3. The van der Waals surface area contributed by atoms with E-state index in [0.29, 0.717) is 5.56 Å². The Bertz CT molecular complexity index is 2940. The molecule has 0 fully saturated rings. The average molecular weight is 633 g/mol. The van der Waals surface area contributed by atoms with Gasteiger partial charge in [-0.1, -0.05) is 121 Å². The Morgan fingerprint density at radius 1 is 0.480 bits per heavy atom. The van der Waals surface area contributed by atoms with Gasteiger partial charge in [-0.25, -0.2) is 9.97 Å². The van der Waals surface area contributed by atoms with Gasteiger partial charge < -0.3 is 5.11 Å². The van der Waals surface area contributed by atoms with Gasteiger partial charge in [0.2, 0.25) is 11.2 Å². The fraction of sp³-hybridized carbons (Fsp3) is 0. The second-order valence-electron chi connectivity index (χ2n) is 12.6. The molecule has 3 aromatic heterocycles. The number of benzene rings is 7. The third kappa shape index (κ3) is 4.65. The van der Waals surface area contributed by atoms with E-state index in [4.69, 9.17) is 9.97 Å². The fourth-order valence-corrected chi connectivity index (χ4v) is 7.50. The van der Waals surface area contributed by atoms with Crippen molar-refractivity contribution in [3.05, 3.63) is 158 Å². The van der Waals surface area contributed by atoms with Crippen LogP contribution in [0.1, 0.15) is 0 Å². The molecule has 0 unspecified atom stereocenters. The number of aromatic amines is 1. The van der Waals surface area contributed by atoms with Crippen molar-refractivity contribution >= 4 is 64.9 Å². The number of H-pyrrole nitrogens is 1. The summed E-state index contributed by atoms with van der Waals surface area (Å²) in [6.07, 6.45) is 1.99. The van der Waals surface area contributed by atoms with Crippen molar-refractivity contribution in [2.24, 2.45) is 0 Å². The number of rotatable bonds is 3. The van der Waals surface area contributed by atoms with E-state index in [9.17, 15) is 5.11 Å². The predicted octanol–water partition coefficient (Wildman–Crippen LogP) is 7.29. The molecule has 228 valence electrons. The average Bonchev–Trinajstić information content (AvgIpc) is 3.17. The summed E-state index contributed by atoms with van der Waals surface area (Å²) >= 11 is 0. The van der Waals surface area contributed by atoms with Crippen LogP contribution in [0.15, 0.2) is 158 Å². The molecule has 1 N–H and O–H groups in total. The maximum atomic E-state index is 12.6. The molecule has 0 atom stereocenters. The van der Waals surface area contributed by atoms with Crippen LogP contribution in [0.5, 0.6) is 5.75 Å². The first-order chi connectivity index (χ1) is 24.2. The van der Waals surface area contributed by atoms with Crippen molar-refractivity contribution < 1.29 is 29.0 Å². The molecule has 0 aliphatic carbocycles. The van der Waals surface area contributed by atoms with Gasteiger partial charge in [-0.2, -0.15) is 0 Å². The van der Waals surface area contributed by atoms with E-state index >= 15 is 0 Å². The summed E-state index contributed by atoms with van der Waals surface area (Å²) in [7, 11) is 0. The zero-order valence-electron chi connectivity index (χ0n) is 27.3. The van der Waals surface area contributed by atoms with E-state index in [-0.39, 0.29) is 24.6 Å². The molecule has 5 heteroatoms. The Balaban J connectivity index is 0.00000336. The minimum atomic E-state index is -0.0179. The molecule has 0 spiro atoms. The van der Waals surface area contributed by atoms with Gasteiger partial charge in [-0.05, 0) is 73.6 Å². The van der Waals surface area contributed by atoms with Crippen molar-refractivity contribution in [3.63, 3.8) is 0 Å². The molecular formula is C45H27LiN3O+. The van der Waals surface area contributed by atoms with Crippen LogP contribution in [0.2, 0.25) is 0 Å². The standard InChI is InChI=1S/C45H27N3O.Li/c49-42-16-8-7-15-37(42)40-23-20-27-17-18-28-21-24-41(48-44(28)43(27)47-40)45-36-14-6-5-13-34(36)39(26-46-45)29-19-22-35-32-11-2-1-9-30(32)31-10-3-4-12-33(31)38(35)25-29;/h1-26,49H;/q;+1. The van der Waals surface area contributed by atoms with Crippen molar-refractivity contribution in [3.8, 4) is 39.5 Å². The Kier molecular flexibility index (Phi) is 7.10. The van der Waals surface area contributed by atoms with E-state index in [0.717, 1.165) is 60.8 Å². The molecular weight excluding hydrogens is 605 g/mol. The van der Waals surface area contributed by atoms with Gasteiger partial charge in [0.15, 0.2) is 0 Å². The van der Waals surface area contributed by atoms with E-state index in [1.165, 1.54) is 32.3 Å². The monoisotopic (exact) mass is 632 g/mol. The predicted molar refractivity (Wildman–Crippen MR) is 199 cm³/mol. The van der Waals surface area contributed by atoms with Crippen LogP contribution in [0.3, 0.4) is 0 Å². The number of hydrogen-bond donors (Lipinski definition) is 0. The topological polar surface area (TPSA) is 63.0 Å². The first-order valence-electron chi connectivity index (χ1n) is 16.5. The largest absolute Gasteiger partial charge is 1.00 e. The molecule has 0 saturated carbocycles.